The molecule has 2 aliphatic carbocycles. The zero-order valence-electron chi connectivity index (χ0n) is 10.5. The SMILES string of the molecule is C=C1CC(O)(C(=C)C)CCC2=C(C)CCC12. The zero-order valence-corrected chi connectivity index (χ0v) is 10.5. The largest absolute Gasteiger partial charge is 0.385 e. The molecule has 1 fully saturated rings. The summed E-state index contributed by atoms with van der Waals surface area (Å²) in [5.74, 6) is 0.536. The van der Waals surface area contributed by atoms with Gasteiger partial charge in [-0.25, -0.2) is 0 Å². The lowest BCUT2D eigenvalue weighted by molar-refractivity contribution is 0.0724. The highest BCUT2D eigenvalue weighted by Crippen LogP contribution is 2.46. The van der Waals surface area contributed by atoms with Crippen LogP contribution in [0.15, 0.2) is 35.5 Å². The van der Waals surface area contributed by atoms with Crippen LogP contribution in [0.2, 0.25) is 0 Å². The lowest BCUT2D eigenvalue weighted by Crippen LogP contribution is -2.29. The van der Waals surface area contributed by atoms with Crippen LogP contribution in [0.25, 0.3) is 0 Å². The van der Waals surface area contributed by atoms with E-state index >= 15 is 0 Å². The van der Waals surface area contributed by atoms with E-state index in [4.69, 9.17) is 0 Å². The van der Waals surface area contributed by atoms with Crippen LogP contribution < -0.4 is 0 Å². The molecule has 0 saturated heterocycles. The van der Waals surface area contributed by atoms with Crippen LogP contribution in [0.3, 0.4) is 0 Å². The maximum atomic E-state index is 10.6. The highest BCUT2D eigenvalue weighted by molar-refractivity contribution is 5.34. The molecule has 1 N–H and O–H groups in total. The normalized spacial score (nSPS) is 34.9. The van der Waals surface area contributed by atoms with E-state index in [1.807, 2.05) is 6.92 Å². The van der Waals surface area contributed by atoms with Gasteiger partial charge < -0.3 is 5.11 Å². The van der Waals surface area contributed by atoms with Crippen LogP contribution in [0.5, 0.6) is 0 Å². The van der Waals surface area contributed by atoms with E-state index in [0.717, 1.165) is 18.4 Å². The molecule has 2 rings (SSSR count). The fraction of sp³-hybridized carbons (Fsp3) is 0.600. The number of hydrogen-bond acceptors (Lipinski definition) is 1. The van der Waals surface area contributed by atoms with Crippen molar-refractivity contribution in [1.82, 2.24) is 0 Å². The van der Waals surface area contributed by atoms with E-state index in [1.54, 1.807) is 5.57 Å². The van der Waals surface area contributed by atoms with Gasteiger partial charge >= 0.3 is 0 Å². The first-order valence-electron chi connectivity index (χ1n) is 6.18. The molecule has 88 valence electrons. The number of rotatable bonds is 1. The van der Waals surface area contributed by atoms with E-state index in [1.165, 1.54) is 24.0 Å². The molecule has 0 bridgehead atoms. The summed E-state index contributed by atoms with van der Waals surface area (Å²) in [5.41, 5.74) is 4.44. The van der Waals surface area contributed by atoms with Crippen molar-refractivity contribution in [2.24, 2.45) is 5.92 Å². The van der Waals surface area contributed by atoms with Gasteiger partial charge in [0.15, 0.2) is 0 Å². The maximum absolute atomic E-state index is 10.6. The molecular weight excluding hydrogens is 196 g/mol. The van der Waals surface area contributed by atoms with Crippen molar-refractivity contribution >= 4 is 0 Å². The summed E-state index contributed by atoms with van der Waals surface area (Å²) < 4.78 is 0. The Hall–Kier alpha value is -0.820. The van der Waals surface area contributed by atoms with E-state index in [9.17, 15) is 5.11 Å². The monoisotopic (exact) mass is 218 g/mol. The Morgan fingerprint density at radius 1 is 1.44 bits per heavy atom. The number of hydrogen-bond donors (Lipinski definition) is 1. The first-order chi connectivity index (χ1) is 7.44. The second-order valence-electron chi connectivity index (χ2n) is 5.54. The number of allylic oxidation sites excluding steroid dienone is 2. The lowest BCUT2D eigenvalue weighted by Gasteiger charge is -2.28. The summed E-state index contributed by atoms with van der Waals surface area (Å²) >= 11 is 0. The van der Waals surface area contributed by atoms with Crippen molar-refractivity contribution in [2.45, 2.75) is 51.6 Å². The molecule has 1 nitrogen and oxygen atoms in total. The van der Waals surface area contributed by atoms with Gasteiger partial charge in [-0.1, -0.05) is 29.9 Å². The zero-order chi connectivity index (χ0) is 11.9. The van der Waals surface area contributed by atoms with Crippen LogP contribution in [-0.4, -0.2) is 10.7 Å². The highest BCUT2D eigenvalue weighted by atomic mass is 16.3. The van der Waals surface area contributed by atoms with Gasteiger partial charge in [-0.15, -0.1) is 0 Å². The maximum Gasteiger partial charge on any atom is 0.0891 e. The third kappa shape index (κ3) is 1.78. The molecule has 1 heteroatoms. The summed E-state index contributed by atoms with van der Waals surface area (Å²) in [7, 11) is 0. The third-order valence-corrected chi connectivity index (χ3v) is 4.39. The first-order valence-corrected chi connectivity index (χ1v) is 6.18. The van der Waals surface area contributed by atoms with Crippen molar-refractivity contribution < 1.29 is 5.11 Å². The predicted molar refractivity (Wildman–Crippen MR) is 68.2 cm³/mol. The highest BCUT2D eigenvalue weighted by Gasteiger charge is 2.37. The summed E-state index contributed by atoms with van der Waals surface area (Å²) in [4.78, 5) is 0. The quantitative estimate of drug-likeness (QED) is 0.664. The number of fused-ring (bicyclic) bond motifs is 1. The van der Waals surface area contributed by atoms with Crippen LogP contribution in [0.1, 0.15) is 46.0 Å². The van der Waals surface area contributed by atoms with Crippen molar-refractivity contribution in [3.8, 4) is 0 Å². The molecule has 0 aromatic rings. The third-order valence-electron chi connectivity index (χ3n) is 4.39. The predicted octanol–water partition coefficient (Wildman–Crippen LogP) is 3.76. The van der Waals surface area contributed by atoms with Gasteiger partial charge in [-0.2, -0.15) is 0 Å². The molecule has 0 heterocycles. The second-order valence-corrected chi connectivity index (χ2v) is 5.54. The molecule has 0 amide bonds. The van der Waals surface area contributed by atoms with Crippen molar-refractivity contribution in [3.63, 3.8) is 0 Å². The van der Waals surface area contributed by atoms with Crippen LogP contribution in [0.4, 0.5) is 0 Å². The van der Waals surface area contributed by atoms with Crippen LogP contribution in [-0.2, 0) is 0 Å². The van der Waals surface area contributed by atoms with Gasteiger partial charge in [-0.3, -0.25) is 0 Å². The molecule has 2 atom stereocenters. The minimum atomic E-state index is -0.714. The standard InChI is InChI=1S/C15H22O/c1-10(2)15(16)8-7-14-11(3)5-6-13(14)12(4)9-15/h13,16H,1,4-9H2,2-3H3. The fourth-order valence-electron chi connectivity index (χ4n) is 3.12. The Labute approximate surface area is 98.6 Å². The fourth-order valence-corrected chi connectivity index (χ4v) is 3.12. The van der Waals surface area contributed by atoms with Gasteiger partial charge in [0.2, 0.25) is 0 Å². The van der Waals surface area contributed by atoms with Gasteiger partial charge in [0, 0.05) is 12.3 Å². The van der Waals surface area contributed by atoms with Gasteiger partial charge in [0.25, 0.3) is 0 Å². The molecule has 0 aromatic carbocycles. The summed E-state index contributed by atoms with van der Waals surface area (Å²) in [6.07, 6.45) is 4.93. The molecular formula is C15H22O. The molecule has 2 aliphatic rings. The van der Waals surface area contributed by atoms with Gasteiger partial charge in [0.05, 0.1) is 5.60 Å². The molecule has 0 radical (unpaired) electrons. The average Bonchev–Trinajstić information content (AvgIpc) is 2.50. The van der Waals surface area contributed by atoms with E-state index < -0.39 is 5.60 Å². The molecule has 16 heavy (non-hydrogen) atoms. The molecule has 2 unspecified atom stereocenters. The van der Waals surface area contributed by atoms with E-state index in [2.05, 4.69) is 20.1 Å². The Bertz CT molecular complexity index is 375. The van der Waals surface area contributed by atoms with Crippen LogP contribution >= 0.6 is 0 Å². The summed E-state index contributed by atoms with van der Waals surface area (Å²) in [6, 6.07) is 0. The summed E-state index contributed by atoms with van der Waals surface area (Å²) in [6.45, 7) is 12.3. The smallest absolute Gasteiger partial charge is 0.0891 e. The lowest BCUT2D eigenvalue weighted by atomic mass is 9.85. The summed E-state index contributed by atoms with van der Waals surface area (Å²) in [5, 5.41) is 10.6. The second kappa shape index (κ2) is 3.89. The Balaban J connectivity index is 2.31. The minimum Gasteiger partial charge on any atom is -0.385 e. The average molecular weight is 218 g/mol. The van der Waals surface area contributed by atoms with Crippen LogP contribution in [0, 0.1) is 5.92 Å². The topological polar surface area (TPSA) is 20.2 Å². The molecule has 0 aliphatic heterocycles. The Morgan fingerprint density at radius 3 is 2.75 bits per heavy atom. The molecule has 0 aromatic heterocycles. The van der Waals surface area contributed by atoms with Gasteiger partial charge in [0.1, 0.15) is 0 Å². The van der Waals surface area contributed by atoms with E-state index in [0.29, 0.717) is 12.3 Å². The molecule has 0 spiro atoms. The van der Waals surface area contributed by atoms with Crippen molar-refractivity contribution in [1.29, 1.82) is 0 Å². The van der Waals surface area contributed by atoms with Gasteiger partial charge in [-0.05, 0) is 45.1 Å². The minimum absolute atomic E-state index is 0.536. The van der Waals surface area contributed by atoms with Crippen molar-refractivity contribution in [3.05, 3.63) is 35.5 Å². The first kappa shape index (κ1) is 11.7. The van der Waals surface area contributed by atoms with Crippen molar-refractivity contribution in [2.75, 3.05) is 0 Å². The number of aliphatic hydroxyl groups is 1. The Morgan fingerprint density at radius 2 is 2.12 bits per heavy atom. The van der Waals surface area contributed by atoms with E-state index in [-0.39, 0.29) is 0 Å². The molecule has 1 saturated carbocycles. The Kier molecular flexibility index (Phi) is 2.83.